The lowest BCUT2D eigenvalue weighted by molar-refractivity contribution is -0.130. The van der Waals surface area contributed by atoms with E-state index in [4.69, 9.17) is 9.47 Å². The maximum absolute atomic E-state index is 13.2. The Bertz CT molecular complexity index is 1010. The number of carbonyl (C=O) groups excluding carboxylic acids is 2. The second-order valence-corrected chi connectivity index (χ2v) is 9.87. The Labute approximate surface area is 209 Å². The fourth-order valence-corrected chi connectivity index (χ4v) is 4.94. The summed E-state index contributed by atoms with van der Waals surface area (Å²) < 4.78 is 12.7. The van der Waals surface area contributed by atoms with Crippen LogP contribution in [0.4, 0.5) is 0 Å². The van der Waals surface area contributed by atoms with E-state index in [1.807, 2.05) is 61.3 Å². The Morgan fingerprint density at radius 1 is 0.943 bits per heavy atom. The van der Waals surface area contributed by atoms with Gasteiger partial charge in [0.25, 0.3) is 5.91 Å². The summed E-state index contributed by atoms with van der Waals surface area (Å²) in [6.45, 7) is 4.39. The number of fused-ring (bicyclic) bond motifs is 2. The molecule has 2 atom stereocenters. The van der Waals surface area contributed by atoms with E-state index in [0.717, 1.165) is 43.4 Å². The molecule has 1 fully saturated rings. The molecule has 2 aromatic carbocycles. The third kappa shape index (κ3) is 6.85. The predicted molar refractivity (Wildman–Crippen MR) is 137 cm³/mol. The summed E-state index contributed by atoms with van der Waals surface area (Å²) in [4.78, 5) is 30.0. The van der Waals surface area contributed by atoms with E-state index in [-0.39, 0.29) is 24.0 Å². The van der Waals surface area contributed by atoms with Gasteiger partial charge in [0.05, 0.1) is 25.1 Å². The molecule has 2 aliphatic rings. The summed E-state index contributed by atoms with van der Waals surface area (Å²) in [5, 5.41) is 0. The van der Waals surface area contributed by atoms with Gasteiger partial charge in [-0.2, -0.15) is 0 Å². The number of para-hydroxylation sites is 1. The number of hydrogen-bond acceptors (Lipinski definition) is 4. The van der Waals surface area contributed by atoms with Gasteiger partial charge in [-0.25, -0.2) is 0 Å². The zero-order valence-electron chi connectivity index (χ0n) is 21.1. The van der Waals surface area contributed by atoms with E-state index < -0.39 is 0 Å². The Kier molecular flexibility index (Phi) is 8.80. The Morgan fingerprint density at radius 3 is 2.51 bits per heavy atom. The first kappa shape index (κ1) is 25.2. The number of nitrogens with zero attached hydrogens (tertiary/aromatic N) is 2. The summed E-state index contributed by atoms with van der Waals surface area (Å²) in [7, 11) is 1.86. The van der Waals surface area contributed by atoms with Crippen LogP contribution < -0.4 is 4.74 Å². The largest absolute Gasteiger partial charge is 0.485 e. The molecule has 35 heavy (non-hydrogen) atoms. The van der Waals surface area contributed by atoms with Crippen LogP contribution in [0.2, 0.25) is 0 Å². The van der Waals surface area contributed by atoms with E-state index in [0.29, 0.717) is 37.4 Å². The van der Waals surface area contributed by atoms with Crippen molar-refractivity contribution in [2.24, 2.45) is 0 Å². The molecule has 2 amide bonds. The van der Waals surface area contributed by atoms with Crippen LogP contribution in [0.1, 0.15) is 60.0 Å². The van der Waals surface area contributed by atoms with E-state index in [1.165, 1.54) is 12.8 Å². The van der Waals surface area contributed by atoms with Crippen molar-refractivity contribution in [1.82, 2.24) is 9.80 Å². The number of aryl methyl sites for hydroxylation is 1. The van der Waals surface area contributed by atoms with Gasteiger partial charge in [0.15, 0.2) is 0 Å². The first-order valence-corrected chi connectivity index (χ1v) is 13.0. The Morgan fingerprint density at radius 2 is 1.69 bits per heavy atom. The highest BCUT2D eigenvalue weighted by molar-refractivity contribution is 5.96. The van der Waals surface area contributed by atoms with Gasteiger partial charge in [0.2, 0.25) is 5.91 Å². The Hall–Kier alpha value is -2.86. The van der Waals surface area contributed by atoms with Crippen molar-refractivity contribution in [2.75, 3.05) is 33.3 Å². The molecule has 188 valence electrons. The molecule has 2 aromatic rings. The average molecular weight is 479 g/mol. The molecule has 4 rings (SSSR count). The highest BCUT2D eigenvalue weighted by Gasteiger charge is 2.38. The minimum Gasteiger partial charge on any atom is -0.485 e. The van der Waals surface area contributed by atoms with E-state index in [2.05, 4.69) is 6.07 Å². The van der Waals surface area contributed by atoms with Crippen LogP contribution in [0.5, 0.6) is 5.75 Å². The molecule has 0 bridgehead atoms. The first-order valence-electron chi connectivity index (χ1n) is 13.0. The molecule has 0 aromatic heterocycles. The van der Waals surface area contributed by atoms with Gasteiger partial charge >= 0.3 is 0 Å². The van der Waals surface area contributed by atoms with Crippen molar-refractivity contribution in [3.63, 3.8) is 0 Å². The normalized spacial score (nSPS) is 22.3. The van der Waals surface area contributed by atoms with Gasteiger partial charge in [0.1, 0.15) is 18.0 Å². The number of hydrogen-bond donors (Lipinski definition) is 0. The molecular weight excluding hydrogens is 440 g/mol. The number of rotatable bonds is 2. The number of ether oxygens (including phenoxy) is 2. The monoisotopic (exact) mass is 478 g/mol. The summed E-state index contributed by atoms with van der Waals surface area (Å²) >= 11 is 0. The summed E-state index contributed by atoms with van der Waals surface area (Å²) in [5.74, 6) is 0.601. The van der Waals surface area contributed by atoms with E-state index >= 15 is 0 Å². The van der Waals surface area contributed by atoms with Gasteiger partial charge in [-0.05, 0) is 37.5 Å². The predicted octanol–water partition coefficient (Wildman–Crippen LogP) is 4.64. The third-order valence-corrected chi connectivity index (χ3v) is 6.97. The van der Waals surface area contributed by atoms with Crippen LogP contribution in [0.15, 0.2) is 48.5 Å². The molecule has 0 saturated carbocycles. The number of amides is 2. The zero-order valence-corrected chi connectivity index (χ0v) is 21.1. The molecule has 2 aliphatic heterocycles. The van der Waals surface area contributed by atoms with E-state index in [1.54, 1.807) is 4.90 Å². The minimum atomic E-state index is -0.316. The molecule has 0 radical (unpaired) electrons. The lowest BCUT2D eigenvalue weighted by Gasteiger charge is -2.24. The molecule has 1 saturated heterocycles. The van der Waals surface area contributed by atoms with Crippen LogP contribution in [-0.2, 0) is 16.0 Å². The van der Waals surface area contributed by atoms with Crippen molar-refractivity contribution in [2.45, 2.75) is 64.1 Å². The van der Waals surface area contributed by atoms with Crippen molar-refractivity contribution >= 4 is 11.8 Å². The summed E-state index contributed by atoms with van der Waals surface area (Å²) in [5.41, 5.74) is 2.72. The molecule has 0 aliphatic carbocycles. The van der Waals surface area contributed by atoms with Gasteiger partial charge in [-0.3, -0.25) is 9.59 Å². The van der Waals surface area contributed by atoms with Crippen LogP contribution in [0, 0.1) is 6.92 Å². The topological polar surface area (TPSA) is 59.1 Å². The molecule has 6 heteroatoms. The maximum atomic E-state index is 13.2. The molecule has 0 spiro atoms. The van der Waals surface area contributed by atoms with Crippen LogP contribution in [0.3, 0.4) is 0 Å². The quantitative estimate of drug-likeness (QED) is 0.631. The average Bonchev–Trinajstić information content (AvgIpc) is 3.25. The fraction of sp³-hybridized carbons (Fsp3) is 0.517. The van der Waals surface area contributed by atoms with Gasteiger partial charge in [0, 0.05) is 20.2 Å². The van der Waals surface area contributed by atoms with Crippen molar-refractivity contribution in [3.05, 3.63) is 65.2 Å². The fourth-order valence-electron chi connectivity index (χ4n) is 4.94. The lowest BCUT2D eigenvalue weighted by atomic mass is 10.1. The van der Waals surface area contributed by atoms with Crippen molar-refractivity contribution in [3.8, 4) is 5.75 Å². The van der Waals surface area contributed by atoms with Gasteiger partial charge < -0.3 is 19.3 Å². The van der Waals surface area contributed by atoms with Crippen LogP contribution >= 0.6 is 0 Å². The minimum absolute atomic E-state index is 0.0319. The zero-order chi connectivity index (χ0) is 24.6. The molecule has 0 N–H and O–H groups in total. The smallest absolute Gasteiger partial charge is 0.257 e. The third-order valence-electron chi connectivity index (χ3n) is 6.97. The lowest BCUT2D eigenvalue weighted by Crippen LogP contribution is -2.34. The van der Waals surface area contributed by atoms with E-state index in [9.17, 15) is 9.59 Å². The van der Waals surface area contributed by atoms with Crippen molar-refractivity contribution in [1.29, 1.82) is 0 Å². The van der Waals surface area contributed by atoms with Crippen molar-refractivity contribution < 1.29 is 19.1 Å². The van der Waals surface area contributed by atoms with Gasteiger partial charge in [-0.1, -0.05) is 67.6 Å². The second kappa shape index (κ2) is 12.2. The molecule has 0 unspecified atom stereocenters. The standard InChI is InChI=1S/C29H38N2O4/c1-22-12-11-13-23(18-22)19-28(32)31-20-26-27(21-31)35-25-15-8-7-14-24(25)29(33)30(2)16-9-5-3-4-6-10-17-34-26/h7-8,11-15,18,26-27H,3-6,9-10,16-17,19-21H2,1-2H3/t26-,27-/m1/s1. The summed E-state index contributed by atoms with van der Waals surface area (Å²) in [6.07, 6.45) is 6.45. The van der Waals surface area contributed by atoms with Crippen LogP contribution in [-0.4, -0.2) is 67.1 Å². The van der Waals surface area contributed by atoms with Gasteiger partial charge in [-0.15, -0.1) is 0 Å². The molecular formula is C29H38N2O4. The number of likely N-dealkylation sites (tertiary alicyclic amines) is 1. The molecule has 2 heterocycles. The second-order valence-electron chi connectivity index (χ2n) is 9.87. The number of carbonyl (C=O) groups is 2. The Balaban J connectivity index is 1.51. The highest BCUT2D eigenvalue weighted by atomic mass is 16.5. The number of benzene rings is 2. The maximum Gasteiger partial charge on any atom is 0.257 e. The van der Waals surface area contributed by atoms with Crippen LogP contribution in [0.25, 0.3) is 0 Å². The first-order chi connectivity index (χ1) is 17.0. The highest BCUT2D eigenvalue weighted by Crippen LogP contribution is 2.26. The SMILES string of the molecule is Cc1cccc(CC(=O)N2C[C@H]3OCCCCCCCCN(C)C(=O)c4ccccc4O[C@@H]3C2)c1. The molecule has 6 nitrogen and oxygen atoms in total. The summed E-state index contributed by atoms with van der Waals surface area (Å²) in [6, 6.07) is 15.5.